The van der Waals surface area contributed by atoms with E-state index in [1.54, 1.807) is 26.9 Å². The highest BCUT2D eigenvalue weighted by Crippen LogP contribution is 2.40. The van der Waals surface area contributed by atoms with Crippen LogP contribution in [0.25, 0.3) is 21.6 Å². The smallest absolute Gasteiger partial charge is 0.110 e. The maximum absolute atomic E-state index is 5.48. The first-order valence-corrected chi connectivity index (χ1v) is 8.42. The molecule has 3 rings (SSSR count). The summed E-state index contributed by atoms with van der Waals surface area (Å²) in [5.74, 6) is 0. The third kappa shape index (κ3) is 2.52. The third-order valence-corrected chi connectivity index (χ3v) is 5.96. The van der Waals surface area contributed by atoms with Crippen LogP contribution in [0, 0.1) is 10.7 Å². The molecular formula is C15H11NS3. The van der Waals surface area contributed by atoms with Crippen LogP contribution in [0.4, 0.5) is 0 Å². The normalized spacial score (nSPS) is 10.6. The van der Waals surface area contributed by atoms with Crippen LogP contribution in [0.5, 0.6) is 0 Å². The van der Waals surface area contributed by atoms with Gasteiger partial charge in [-0.25, -0.2) is 0 Å². The van der Waals surface area contributed by atoms with Crippen LogP contribution in [-0.2, 0) is 0 Å². The molecule has 1 aromatic carbocycles. The monoisotopic (exact) mass is 301 g/mol. The van der Waals surface area contributed by atoms with Gasteiger partial charge in [0, 0.05) is 23.5 Å². The van der Waals surface area contributed by atoms with Gasteiger partial charge >= 0.3 is 0 Å². The fraction of sp³-hybridized carbons (Fsp3) is 0.0667. The summed E-state index contributed by atoms with van der Waals surface area (Å²) in [6.07, 6.45) is 3.66. The Morgan fingerprint density at radius 1 is 1.00 bits per heavy atom. The molecule has 4 heteroatoms. The predicted molar refractivity (Wildman–Crippen MR) is 86.4 cm³/mol. The van der Waals surface area contributed by atoms with Gasteiger partial charge in [0.1, 0.15) is 3.82 Å². The van der Waals surface area contributed by atoms with Crippen LogP contribution < -0.4 is 0 Å². The standard InChI is InChI=1S/C15H11NS3/c1-10-4-6-11(7-5-10)14-13(15(17)19-18-14)12-3-2-8-16-9-12/h2-9H,1H3. The lowest BCUT2D eigenvalue weighted by Crippen LogP contribution is -1.81. The van der Waals surface area contributed by atoms with Gasteiger partial charge in [-0.2, -0.15) is 0 Å². The third-order valence-electron chi connectivity index (χ3n) is 2.90. The molecule has 0 saturated carbocycles. The van der Waals surface area contributed by atoms with Gasteiger partial charge in [0.05, 0.1) is 4.88 Å². The Labute approximate surface area is 124 Å². The molecule has 0 fully saturated rings. The molecule has 0 radical (unpaired) electrons. The van der Waals surface area contributed by atoms with E-state index in [4.69, 9.17) is 12.2 Å². The van der Waals surface area contributed by atoms with Crippen molar-refractivity contribution in [3.8, 4) is 21.6 Å². The molecule has 0 spiro atoms. The number of pyridine rings is 1. The van der Waals surface area contributed by atoms with Crippen molar-refractivity contribution < 1.29 is 0 Å². The van der Waals surface area contributed by atoms with Crippen LogP contribution in [0.2, 0.25) is 0 Å². The Hall–Kier alpha value is -1.36. The zero-order chi connectivity index (χ0) is 13.2. The zero-order valence-electron chi connectivity index (χ0n) is 10.3. The van der Waals surface area contributed by atoms with Crippen molar-refractivity contribution in [2.75, 3.05) is 0 Å². The lowest BCUT2D eigenvalue weighted by Gasteiger charge is -2.03. The number of benzene rings is 1. The topological polar surface area (TPSA) is 12.9 Å². The minimum absolute atomic E-state index is 0.938. The lowest BCUT2D eigenvalue weighted by atomic mass is 10.0. The fourth-order valence-electron chi connectivity index (χ4n) is 1.91. The molecule has 2 aromatic heterocycles. The maximum atomic E-state index is 5.48. The number of hydrogen-bond acceptors (Lipinski definition) is 4. The molecule has 0 saturated heterocycles. The summed E-state index contributed by atoms with van der Waals surface area (Å²) >= 11 is 5.48. The molecule has 1 nitrogen and oxygen atoms in total. The first-order valence-electron chi connectivity index (χ1n) is 5.86. The van der Waals surface area contributed by atoms with Gasteiger partial charge in [0.2, 0.25) is 0 Å². The van der Waals surface area contributed by atoms with Crippen LogP contribution in [0.3, 0.4) is 0 Å². The lowest BCUT2D eigenvalue weighted by molar-refractivity contribution is 1.33. The van der Waals surface area contributed by atoms with Gasteiger partial charge < -0.3 is 0 Å². The molecule has 94 valence electrons. The van der Waals surface area contributed by atoms with Crippen molar-refractivity contribution >= 4 is 32.9 Å². The van der Waals surface area contributed by atoms with Gasteiger partial charge in [-0.3, -0.25) is 4.98 Å². The molecule has 2 heterocycles. The van der Waals surface area contributed by atoms with E-state index in [-0.39, 0.29) is 0 Å². The SMILES string of the molecule is Cc1ccc(-c2ssc(=S)c2-c2cccnc2)cc1. The van der Waals surface area contributed by atoms with E-state index in [1.165, 1.54) is 16.0 Å². The predicted octanol–water partition coefficient (Wildman–Crippen LogP) is 5.58. The van der Waals surface area contributed by atoms with Crippen LogP contribution in [0.1, 0.15) is 5.56 Å². The van der Waals surface area contributed by atoms with Gasteiger partial charge in [-0.15, -0.1) is 0 Å². The summed E-state index contributed by atoms with van der Waals surface area (Å²) in [6, 6.07) is 12.6. The minimum Gasteiger partial charge on any atom is -0.264 e. The van der Waals surface area contributed by atoms with Crippen molar-refractivity contribution in [3.05, 3.63) is 58.2 Å². The number of rotatable bonds is 2. The molecule has 0 amide bonds. The molecule has 19 heavy (non-hydrogen) atoms. The molecule has 0 unspecified atom stereocenters. The van der Waals surface area contributed by atoms with E-state index in [0.29, 0.717) is 0 Å². The molecule has 0 atom stereocenters. The second-order valence-electron chi connectivity index (χ2n) is 4.27. The van der Waals surface area contributed by atoms with Crippen molar-refractivity contribution in [2.45, 2.75) is 6.92 Å². The molecule has 3 aromatic rings. The van der Waals surface area contributed by atoms with E-state index in [1.807, 2.05) is 12.3 Å². The summed E-state index contributed by atoms with van der Waals surface area (Å²) in [5.41, 5.74) is 4.73. The average molecular weight is 301 g/mol. The second-order valence-corrected chi connectivity index (χ2v) is 7.08. The summed E-state index contributed by atoms with van der Waals surface area (Å²) in [4.78, 5) is 5.43. The molecule has 0 N–H and O–H groups in total. The maximum Gasteiger partial charge on any atom is 0.110 e. The molecule has 0 bridgehead atoms. The first kappa shape index (κ1) is 12.7. The Morgan fingerprint density at radius 3 is 2.47 bits per heavy atom. The van der Waals surface area contributed by atoms with E-state index in [9.17, 15) is 0 Å². The highest BCUT2D eigenvalue weighted by molar-refractivity contribution is 7.80. The Morgan fingerprint density at radius 2 is 1.79 bits per heavy atom. The Kier molecular flexibility index (Phi) is 3.55. The van der Waals surface area contributed by atoms with Gasteiger partial charge in [-0.05, 0) is 18.6 Å². The Balaban J connectivity index is 2.19. The number of hydrogen-bond donors (Lipinski definition) is 0. The van der Waals surface area contributed by atoms with Crippen LogP contribution >= 0.6 is 32.9 Å². The summed E-state index contributed by atoms with van der Waals surface area (Å²) < 4.78 is 0.938. The van der Waals surface area contributed by atoms with Crippen LogP contribution in [0.15, 0.2) is 48.8 Å². The van der Waals surface area contributed by atoms with E-state index in [2.05, 4.69) is 42.2 Å². The average Bonchev–Trinajstić information content (AvgIpc) is 2.82. The van der Waals surface area contributed by atoms with Crippen molar-refractivity contribution in [2.24, 2.45) is 0 Å². The van der Waals surface area contributed by atoms with Crippen molar-refractivity contribution in [1.82, 2.24) is 4.98 Å². The molecule has 0 aliphatic heterocycles. The minimum atomic E-state index is 0.938. The van der Waals surface area contributed by atoms with E-state index >= 15 is 0 Å². The van der Waals surface area contributed by atoms with Gasteiger partial charge in [0.25, 0.3) is 0 Å². The van der Waals surface area contributed by atoms with Gasteiger partial charge in [-0.1, -0.05) is 68.8 Å². The highest BCUT2D eigenvalue weighted by Gasteiger charge is 2.12. The first-order chi connectivity index (χ1) is 9.25. The zero-order valence-corrected chi connectivity index (χ0v) is 12.7. The van der Waals surface area contributed by atoms with Gasteiger partial charge in [0.15, 0.2) is 0 Å². The molecular weight excluding hydrogens is 290 g/mol. The largest absolute Gasteiger partial charge is 0.264 e. The summed E-state index contributed by atoms with van der Waals surface area (Å²) in [5, 5.41) is 0. The number of nitrogens with zero attached hydrogens (tertiary/aromatic N) is 1. The number of aromatic nitrogens is 1. The fourth-order valence-corrected chi connectivity index (χ4v) is 4.83. The molecule has 0 aliphatic rings. The van der Waals surface area contributed by atoms with Crippen LogP contribution in [-0.4, -0.2) is 4.98 Å². The summed E-state index contributed by atoms with van der Waals surface area (Å²) in [6.45, 7) is 2.10. The quantitative estimate of drug-likeness (QED) is 0.453. The van der Waals surface area contributed by atoms with E-state index in [0.717, 1.165) is 15.0 Å². The van der Waals surface area contributed by atoms with Crippen molar-refractivity contribution in [1.29, 1.82) is 0 Å². The second kappa shape index (κ2) is 5.33. The summed E-state index contributed by atoms with van der Waals surface area (Å²) in [7, 11) is 3.39. The van der Waals surface area contributed by atoms with E-state index < -0.39 is 0 Å². The number of aryl methyl sites for hydroxylation is 1. The highest BCUT2D eigenvalue weighted by atomic mass is 32.9. The Bertz CT molecular complexity index is 739. The van der Waals surface area contributed by atoms with Crippen molar-refractivity contribution in [3.63, 3.8) is 0 Å². The molecule has 0 aliphatic carbocycles.